The molecule has 4 heteroatoms. The Labute approximate surface area is 104 Å². The fourth-order valence-corrected chi connectivity index (χ4v) is 1.80. The molecule has 0 aliphatic heterocycles. The van der Waals surface area contributed by atoms with E-state index >= 15 is 0 Å². The van der Waals surface area contributed by atoms with Gasteiger partial charge in [0.1, 0.15) is 0 Å². The highest BCUT2D eigenvalue weighted by molar-refractivity contribution is 5.89. The Morgan fingerprint density at radius 1 is 1.06 bits per heavy atom. The molecule has 1 amide bonds. The lowest BCUT2D eigenvalue weighted by molar-refractivity contribution is -0.147. The molecule has 0 radical (unpaired) electrons. The highest BCUT2D eigenvalue weighted by Gasteiger charge is 2.08. The van der Waals surface area contributed by atoms with Crippen LogP contribution >= 0.6 is 0 Å². The molecule has 0 atom stereocenters. The molecule has 0 aliphatic carbocycles. The molecule has 0 unspecified atom stereocenters. The lowest BCUT2D eigenvalue weighted by atomic mass is 10.0. The molecule has 92 valence electrons. The van der Waals surface area contributed by atoms with Crippen LogP contribution in [0, 0.1) is 0 Å². The van der Waals surface area contributed by atoms with Gasteiger partial charge in [-0.25, -0.2) is 0 Å². The molecule has 18 heavy (non-hydrogen) atoms. The van der Waals surface area contributed by atoms with Crippen molar-refractivity contribution in [3.63, 3.8) is 0 Å². The Balaban J connectivity index is 2.16. The highest BCUT2D eigenvalue weighted by atomic mass is 16.5. The van der Waals surface area contributed by atoms with Crippen LogP contribution in [-0.4, -0.2) is 18.5 Å². The third-order valence-corrected chi connectivity index (χ3v) is 2.59. The molecule has 0 fully saturated rings. The quantitative estimate of drug-likeness (QED) is 0.825. The fraction of sp³-hybridized carbons (Fsp3) is 0.143. The summed E-state index contributed by atoms with van der Waals surface area (Å²) in [6.45, 7) is -0.371. The zero-order valence-electron chi connectivity index (χ0n) is 9.76. The van der Waals surface area contributed by atoms with Crippen LogP contribution in [0.3, 0.4) is 0 Å². The number of benzene rings is 2. The summed E-state index contributed by atoms with van der Waals surface area (Å²) in [5.74, 6) is -1.11. The average molecular weight is 243 g/mol. The lowest BCUT2D eigenvalue weighted by Gasteiger charge is -2.06. The van der Waals surface area contributed by atoms with Gasteiger partial charge in [-0.15, -0.1) is 0 Å². The van der Waals surface area contributed by atoms with E-state index in [-0.39, 0.29) is 13.0 Å². The van der Waals surface area contributed by atoms with Gasteiger partial charge in [-0.05, 0) is 16.3 Å². The van der Waals surface area contributed by atoms with Crippen LogP contribution in [0.2, 0.25) is 0 Å². The molecule has 0 spiro atoms. The summed E-state index contributed by atoms with van der Waals surface area (Å²) in [7, 11) is 0. The van der Waals surface area contributed by atoms with Crippen molar-refractivity contribution in [3.05, 3.63) is 48.0 Å². The Kier molecular flexibility index (Phi) is 3.57. The molecule has 0 saturated carbocycles. The summed E-state index contributed by atoms with van der Waals surface area (Å²) in [5.41, 5.74) is 5.79. The Morgan fingerprint density at radius 2 is 1.78 bits per heavy atom. The standard InChI is InChI=1S/C14H13NO3/c15-13(16)9-18-14(17)8-11-6-3-5-10-4-1-2-7-12(10)11/h1-7H,8-9H2,(H2,15,16). The van der Waals surface area contributed by atoms with Crippen LogP contribution in [0.5, 0.6) is 0 Å². The summed E-state index contributed by atoms with van der Waals surface area (Å²) in [5, 5.41) is 2.08. The predicted octanol–water partition coefficient (Wildman–Crippen LogP) is 1.41. The first kappa shape index (κ1) is 12.1. The molecule has 0 bridgehead atoms. The first-order valence-electron chi connectivity index (χ1n) is 5.57. The van der Waals surface area contributed by atoms with Gasteiger partial charge >= 0.3 is 5.97 Å². The molecule has 0 saturated heterocycles. The number of carbonyl (C=O) groups excluding carboxylic acids is 2. The largest absolute Gasteiger partial charge is 0.455 e. The minimum absolute atomic E-state index is 0.134. The zero-order valence-corrected chi connectivity index (χ0v) is 9.76. The molecule has 0 aromatic heterocycles. The van der Waals surface area contributed by atoms with E-state index in [1.807, 2.05) is 42.5 Å². The van der Waals surface area contributed by atoms with Gasteiger partial charge in [0.2, 0.25) is 0 Å². The number of amides is 1. The number of rotatable bonds is 4. The molecule has 2 rings (SSSR count). The molecule has 2 N–H and O–H groups in total. The number of esters is 1. The third-order valence-electron chi connectivity index (χ3n) is 2.59. The monoisotopic (exact) mass is 243 g/mol. The van der Waals surface area contributed by atoms with Crippen molar-refractivity contribution in [2.75, 3.05) is 6.61 Å². The number of primary amides is 1. The normalized spacial score (nSPS) is 10.2. The van der Waals surface area contributed by atoms with Crippen molar-refractivity contribution in [2.45, 2.75) is 6.42 Å². The number of fused-ring (bicyclic) bond motifs is 1. The number of hydrogen-bond acceptors (Lipinski definition) is 3. The van der Waals surface area contributed by atoms with Gasteiger partial charge in [-0.2, -0.15) is 0 Å². The summed E-state index contributed by atoms with van der Waals surface area (Å²) in [4.78, 5) is 22.0. The van der Waals surface area contributed by atoms with E-state index in [0.29, 0.717) is 0 Å². The number of ether oxygens (including phenoxy) is 1. The van der Waals surface area contributed by atoms with Crippen LogP contribution in [0.15, 0.2) is 42.5 Å². The molecule has 2 aromatic rings. The Morgan fingerprint density at radius 3 is 2.56 bits per heavy atom. The van der Waals surface area contributed by atoms with Gasteiger partial charge in [0.25, 0.3) is 5.91 Å². The maximum atomic E-state index is 11.5. The van der Waals surface area contributed by atoms with Crippen molar-refractivity contribution >= 4 is 22.6 Å². The van der Waals surface area contributed by atoms with Crippen molar-refractivity contribution in [1.29, 1.82) is 0 Å². The van der Waals surface area contributed by atoms with Gasteiger partial charge in [-0.1, -0.05) is 42.5 Å². The van der Waals surface area contributed by atoms with E-state index in [0.717, 1.165) is 16.3 Å². The second-order valence-corrected chi connectivity index (χ2v) is 3.94. The van der Waals surface area contributed by atoms with Gasteiger partial charge in [0.15, 0.2) is 6.61 Å². The highest BCUT2D eigenvalue weighted by Crippen LogP contribution is 2.19. The van der Waals surface area contributed by atoms with E-state index in [2.05, 4.69) is 0 Å². The lowest BCUT2D eigenvalue weighted by Crippen LogP contribution is -2.21. The second kappa shape index (κ2) is 5.31. The summed E-state index contributed by atoms with van der Waals surface area (Å²) in [6.07, 6.45) is 0.134. The van der Waals surface area contributed by atoms with Crippen molar-refractivity contribution in [3.8, 4) is 0 Å². The summed E-state index contributed by atoms with van der Waals surface area (Å²) < 4.78 is 4.74. The van der Waals surface area contributed by atoms with Crippen molar-refractivity contribution < 1.29 is 14.3 Å². The molecular formula is C14H13NO3. The van der Waals surface area contributed by atoms with Crippen LogP contribution < -0.4 is 5.73 Å². The first-order chi connectivity index (χ1) is 8.66. The fourth-order valence-electron chi connectivity index (χ4n) is 1.80. The van der Waals surface area contributed by atoms with Crippen LogP contribution in [0.4, 0.5) is 0 Å². The third kappa shape index (κ3) is 2.85. The smallest absolute Gasteiger partial charge is 0.310 e. The van der Waals surface area contributed by atoms with E-state index in [4.69, 9.17) is 10.5 Å². The van der Waals surface area contributed by atoms with E-state index in [9.17, 15) is 9.59 Å². The summed E-state index contributed by atoms with van der Waals surface area (Å²) >= 11 is 0. The van der Waals surface area contributed by atoms with Crippen molar-refractivity contribution in [2.24, 2.45) is 5.73 Å². The number of nitrogens with two attached hydrogens (primary N) is 1. The SMILES string of the molecule is NC(=O)COC(=O)Cc1cccc2ccccc12. The average Bonchev–Trinajstić information content (AvgIpc) is 2.37. The van der Waals surface area contributed by atoms with E-state index < -0.39 is 11.9 Å². The number of hydrogen-bond donors (Lipinski definition) is 1. The molecular weight excluding hydrogens is 230 g/mol. The van der Waals surface area contributed by atoms with E-state index in [1.165, 1.54) is 0 Å². The maximum absolute atomic E-state index is 11.5. The van der Waals surface area contributed by atoms with Gasteiger partial charge < -0.3 is 10.5 Å². The van der Waals surface area contributed by atoms with Crippen LogP contribution in [0.25, 0.3) is 10.8 Å². The Bertz CT molecular complexity index is 587. The Hall–Kier alpha value is -2.36. The zero-order chi connectivity index (χ0) is 13.0. The molecule has 0 heterocycles. The first-order valence-corrected chi connectivity index (χ1v) is 5.57. The van der Waals surface area contributed by atoms with Gasteiger partial charge in [0.05, 0.1) is 6.42 Å². The second-order valence-electron chi connectivity index (χ2n) is 3.94. The summed E-state index contributed by atoms with van der Waals surface area (Å²) in [6, 6.07) is 13.5. The van der Waals surface area contributed by atoms with Gasteiger partial charge in [-0.3, -0.25) is 9.59 Å². The van der Waals surface area contributed by atoms with Crippen LogP contribution in [0.1, 0.15) is 5.56 Å². The molecule has 0 aliphatic rings. The molecule has 2 aromatic carbocycles. The topological polar surface area (TPSA) is 69.4 Å². The minimum atomic E-state index is -0.652. The van der Waals surface area contributed by atoms with Gasteiger partial charge in [0, 0.05) is 0 Å². The maximum Gasteiger partial charge on any atom is 0.310 e. The molecule has 4 nitrogen and oxygen atoms in total. The number of carbonyl (C=O) groups is 2. The minimum Gasteiger partial charge on any atom is -0.455 e. The van der Waals surface area contributed by atoms with Crippen LogP contribution in [-0.2, 0) is 20.7 Å². The predicted molar refractivity (Wildman–Crippen MR) is 67.8 cm³/mol. The van der Waals surface area contributed by atoms with Crippen molar-refractivity contribution in [1.82, 2.24) is 0 Å². The van der Waals surface area contributed by atoms with E-state index in [1.54, 1.807) is 0 Å².